The van der Waals surface area contributed by atoms with Gasteiger partial charge in [0.2, 0.25) is 6.29 Å². The maximum absolute atomic E-state index is 12.7. The van der Waals surface area contributed by atoms with Crippen molar-refractivity contribution in [2.45, 2.75) is 68.3 Å². The van der Waals surface area contributed by atoms with Crippen molar-refractivity contribution >= 4 is 11.0 Å². The summed E-state index contributed by atoms with van der Waals surface area (Å²) >= 11 is 0. The van der Waals surface area contributed by atoms with Crippen LogP contribution in [0, 0.1) is 0 Å². The maximum Gasteiger partial charge on any atom is 0.229 e. The molecule has 2 aromatic carbocycles. The summed E-state index contributed by atoms with van der Waals surface area (Å²) in [5.74, 6) is -1.56. The fraction of sp³-hybridized carbons (Fsp3) is 0.444. The number of benzene rings is 2. The zero-order chi connectivity index (χ0) is 30.5. The number of phenols is 3. The lowest BCUT2D eigenvalue weighted by atomic mass is 9.98. The van der Waals surface area contributed by atoms with Crippen LogP contribution in [0.15, 0.2) is 45.6 Å². The third-order valence-electron chi connectivity index (χ3n) is 7.20. The summed E-state index contributed by atoms with van der Waals surface area (Å²) in [6.07, 6.45) is -15.1. The van der Waals surface area contributed by atoms with Crippen LogP contribution >= 0.6 is 0 Å². The molecule has 0 amide bonds. The molecule has 5 rings (SSSR count). The number of aliphatic hydroxyl groups is 6. The molecule has 9 N–H and O–H groups in total. The van der Waals surface area contributed by atoms with E-state index < -0.39 is 84.9 Å². The van der Waals surface area contributed by atoms with Crippen LogP contribution in [0.4, 0.5) is 0 Å². The first kappa shape index (κ1) is 30.0. The van der Waals surface area contributed by atoms with Crippen molar-refractivity contribution in [3.63, 3.8) is 0 Å². The third-order valence-corrected chi connectivity index (χ3v) is 7.20. The third kappa shape index (κ3) is 5.61. The number of rotatable bonds is 6. The Morgan fingerprint density at radius 1 is 0.738 bits per heavy atom. The van der Waals surface area contributed by atoms with Gasteiger partial charge in [-0.05, 0) is 25.1 Å². The van der Waals surface area contributed by atoms with Crippen molar-refractivity contribution in [1.29, 1.82) is 0 Å². The highest BCUT2D eigenvalue weighted by atomic mass is 16.7. The number of hydrogen-bond donors (Lipinski definition) is 9. The summed E-state index contributed by atoms with van der Waals surface area (Å²) in [7, 11) is 0. The molecule has 2 fully saturated rings. The molecule has 2 aliphatic heterocycles. The van der Waals surface area contributed by atoms with Crippen molar-refractivity contribution in [3.05, 3.63) is 46.6 Å². The molecular formula is C27H30O15. The monoisotopic (exact) mass is 594 g/mol. The van der Waals surface area contributed by atoms with E-state index >= 15 is 0 Å². The van der Waals surface area contributed by atoms with Gasteiger partial charge in [0.05, 0.1) is 12.7 Å². The largest absolute Gasteiger partial charge is 0.507 e. The Kier molecular flexibility index (Phi) is 8.30. The van der Waals surface area contributed by atoms with E-state index in [4.69, 9.17) is 23.4 Å². The van der Waals surface area contributed by atoms with Crippen LogP contribution in [0.2, 0.25) is 0 Å². The number of hydrogen-bond acceptors (Lipinski definition) is 15. The fourth-order valence-electron chi connectivity index (χ4n) is 4.76. The molecule has 15 nitrogen and oxygen atoms in total. The van der Waals surface area contributed by atoms with Gasteiger partial charge in [-0.25, -0.2) is 0 Å². The van der Waals surface area contributed by atoms with Crippen LogP contribution in [-0.2, 0) is 14.2 Å². The average Bonchev–Trinajstić information content (AvgIpc) is 2.95. The number of aromatic hydroxyl groups is 3. The lowest BCUT2D eigenvalue weighted by molar-refractivity contribution is -0.318. The van der Waals surface area contributed by atoms with Crippen LogP contribution < -0.4 is 10.2 Å². The van der Waals surface area contributed by atoms with Crippen LogP contribution in [0.1, 0.15) is 6.92 Å². The van der Waals surface area contributed by atoms with Gasteiger partial charge in [0.25, 0.3) is 0 Å². The Bertz CT molecular complexity index is 1490. The second-order valence-electron chi connectivity index (χ2n) is 10.1. The summed E-state index contributed by atoms with van der Waals surface area (Å²) in [5, 5.41) is 91.0. The van der Waals surface area contributed by atoms with Gasteiger partial charge < -0.3 is 69.3 Å². The molecule has 2 aliphatic rings. The van der Waals surface area contributed by atoms with E-state index in [1.54, 1.807) is 0 Å². The summed E-state index contributed by atoms with van der Waals surface area (Å²) < 4.78 is 27.8. The van der Waals surface area contributed by atoms with Crippen LogP contribution in [0.3, 0.4) is 0 Å². The highest BCUT2D eigenvalue weighted by Gasteiger charge is 2.47. The normalized spacial score (nSPS) is 33.5. The molecule has 1 aromatic heterocycles. The van der Waals surface area contributed by atoms with Gasteiger partial charge >= 0.3 is 0 Å². The Balaban J connectivity index is 1.36. The number of fused-ring (bicyclic) bond motifs is 1. The topological polar surface area (TPSA) is 249 Å². The lowest BCUT2D eigenvalue weighted by Gasteiger charge is -2.42. The molecule has 228 valence electrons. The minimum atomic E-state index is -1.79. The molecule has 0 saturated carbocycles. The molecule has 0 aliphatic carbocycles. The molecular weight excluding hydrogens is 564 g/mol. The van der Waals surface area contributed by atoms with E-state index in [0.29, 0.717) is 0 Å². The molecule has 0 radical (unpaired) electrons. The zero-order valence-corrected chi connectivity index (χ0v) is 21.9. The Morgan fingerprint density at radius 2 is 1.43 bits per heavy atom. The molecule has 0 bridgehead atoms. The molecule has 10 atom stereocenters. The maximum atomic E-state index is 12.7. The summed E-state index contributed by atoms with van der Waals surface area (Å²) in [6.45, 7) is 0.938. The number of ether oxygens (including phenoxy) is 4. The number of aliphatic hydroxyl groups excluding tert-OH is 6. The van der Waals surface area contributed by atoms with Crippen LogP contribution in [0.25, 0.3) is 22.3 Å². The van der Waals surface area contributed by atoms with Crippen molar-refractivity contribution in [2.24, 2.45) is 0 Å². The Morgan fingerprint density at radius 3 is 2.14 bits per heavy atom. The van der Waals surface area contributed by atoms with E-state index in [9.17, 15) is 50.8 Å². The smallest absolute Gasteiger partial charge is 0.229 e. The molecule has 0 spiro atoms. The van der Waals surface area contributed by atoms with E-state index in [1.807, 2.05) is 0 Å². The van der Waals surface area contributed by atoms with Crippen molar-refractivity contribution in [1.82, 2.24) is 0 Å². The second-order valence-corrected chi connectivity index (χ2v) is 10.1. The average molecular weight is 595 g/mol. The zero-order valence-electron chi connectivity index (χ0n) is 21.9. The molecule has 2 saturated heterocycles. The molecule has 0 unspecified atom stereocenters. The predicted octanol–water partition coefficient (Wildman–Crippen LogP) is -1.39. The van der Waals surface area contributed by atoms with Crippen LogP contribution in [-0.4, -0.2) is 114 Å². The first-order valence-corrected chi connectivity index (χ1v) is 12.9. The predicted molar refractivity (Wildman–Crippen MR) is 139 cm³/mol. The molecule has 15 heteroatoms. The quantitative estimate of drug-likeness (QED) is 0.149. The SMILES string of the molecule is C[C@@H]1O[C@@H](OC[C@H]2O[C@H](Oc3cc(O)c4c(=O)cc(-c5ccc(O)c(O)c5)oc4c3)[C@H](O)[C@@H](O)[C@@H]2O)[C@H](O)[C@H](O)[C@H]1O. The summed E-state index contributed by atoms with van der Waals surface area (Å²) in [4.78, 5) is 12.7. The van der Waals surface area contributed by atoms with Gasteiger partial charge in [0.1, 0.15) is 71.0 Å². The highest BCUT2D eigenvalue weighted by molar-refractivity contribution is 5.86. The van der Waals surface area contributed by atoms with Gasteiger partial charge in [0, 0.05) is 23.8 Å². The molecule has 42 heavy (non-hydrogen) atoms. The van der Waals surface area contributed by atoms with Gasteiger partial charge in [-0.15, -0.1) is 0 Å². The lowest BCUT2D eigenvalue weighted by Crippen LogP contribution is -2.61. The first-order chi connectivity index (χ1) is 19.8. The minimum Gasteiger partial charge on any atom is -0.507 e. The van der Waals surface area contributed by atoms with E-state index in [0.717, 1.165) is 12.1 Å². The highest BCUT2D eigenvalue weighted by Crippen LogP contribution is 2.35. The van der Waals surface area contributed by atoms with Gasteiger partial charge in [-0.2, -0.15) is 0 Å². The second kappa shape index (κ2) is 11.6. The first-order valence-electron chi connectivity index (χ1n) is 12.9. The van der Waals surface area contributed by atoms with E-state index in [-0.39, 0.29) is 33.8 Å². The summed E-state index contributed by atoms with van der Waals surface area (Å²) in [6, 6.07) is 7.09. The van der Waals surface area contributed by atoms with E-state index in [2.05, 4.69) is 0 Å². The van der Waals surface area contributed by atoms with Crippen LogP contribution in [0.5, 0.6) is 23.0 Å². The Labute approximate surface area is 236 Å². The fourth-order valence-corrected chi connectivity index (χ4v) is 4.76. The van der Waals surface area contributed by atoms with Crippen molar-refractivity contribution < 1.29 is 69.3 Å². The summed E-state index contributed by atoms with van der Waals surface area (Å²) in [5.41, 5.74) is -0.541. The standard InChI is InChI=1S/C27H30O15/c1-9-20(32)22(34)24(36)26(39-9)38-8-18-21(33)23(35)25(37)27(42-18)40-11-5-14(30)19-15(31)7-16(41-17(19)6-11)10-2-3-12(28)13(29)4-10/h2-7,9,18,20-30,32-37H,8H2,1H3/t9-,18+,20-,21+,22+,23-,24+,25+,26+,27-/m0/s1. The van der Waals surface area contributed by atoms with Gasteiger partial charge in [-0.1, -0.05) is 0 Å². The molecule has 3 heterocycles. The van der Waals surface area contributed by atoms with Gasteiger partial charge in [-0.3, -0.25) is 4.79 Å². The molecule has 3 aromatic rings. The Hall–Kier alpha value is -3.51. The van der Waals surface area contributed by atoms with Gasteiger partial charge in [0.15, 0.2) is 23.2 Å². The van der Waals surface area contributed by atoms with Crippen molar-refractivity contribution in [3.8, 4) is 34.3 Å². The minimum absolute atomic E-state index is 0.0110. The van der Waals surface area contributed by atoms with Crippen molar-refractivity contribution in [2.75, 3.05) is 6.61 Å². The number of phenolic OH excluding ortho intramolecular Hbond substituents is 3. The van der Waals surface area contributed by atoms with E-state index in [1.165, 1.54) is 31.2 Å².